The van der Waals surface area contributed by atoms with Crippen molar-refractivity contribution in [2.24, 2.45) is 0 Å². The van der Waals surface area contributed by atoms with Crippen LogP contribution >= 0.6 is 24.0 Å². The largest absolute Gasteiger partial charge is 0.399 e. The maximum atomic E-state index is 6.82. The molecule has 0 atom stereocenters. The molecule has 1 aromatic rings. The molecule has 0 spiro atoms. The molecule has 8 heavy (non-hydrogen) atoms. The van der Waals surface area contributed by atoms with Gasteiger partial charge in [0.15, 0.2) is 2.82 Å². The standard InChI is InChI=1S/C6H7N.HI/c7-6-4-2-1-3-5-6;/h1-5H,7H2;1H/i/hD2. The predicted octanol–water partition coefficient (Wildman–Crippen LogP) is 1.89. The Labute approximate surface area is 68.8 Å². The Kier molecular flexibility index (Phi) is 2.14. The van der Waals surface area contributed by atoms with E-state index >= 15 is 0 Å². The van der Waals surface area contributed by atoms with Gasteiger partial charge in [0.25, 0.3) is 0 Å². The average molecular weight is 223 g/mol. The molecule has 44 valence electrons. The van der Waals surface area contributed by atoms with E-state index < -0.39 is 0 Å². The zero-order chi connectivity index (χ0) is 6.69. The summed E-state index contributed by atoms with van der Waals surface area (Å²) in [5.41, 5.74) is 1.16. The molecule has 0 fully saturated rings. The number of hydrogen-bond acceptors (Lipinski definition) is 1. The minimum absolute atomic E-state index is 0. The van der Waals surface area contributed by atoms with Crippen LogP contribution in [0.2, 0.25) is 2.82 Å². The maximum Gasteiger partial charge on any atom is 0.156 e. The van der Waals surface area contributed by atoms with Crippen molar-refractivity contribution in [3.05, 3.63) is 30.3 Å². The smallest absolute Gasteiger partial charge is 0.156 e. The monoisotopic (exact) mass is 223 g/mol. The number of nitrogen functional groups attached to an aromatic ring is 1. The minimum atomic E-state index is 0. The van der Waals surface area contributed by atoms with Crippen molar-refractivity contribution in [1.82, 2.24) is 0 Å². The fourth-order valence-corrected chi connectivity index (χ4v) is 0.428. The summed E-state index contributed by atoms with van der Waals surface area (Å²) in [6, 6.07) is 8.86. The van der Waals surface area contributed by atoms with Crippen molar-refractivity contribution in [2.75, 3.05) is 5.72 Å². The summed E-state index contributed by atoms with van der Waals surface area (Å²) in [5, 5.41) is 0. The van der Waals surface area contributed by atoms with Crippen molar-refractivity contribution in [1.29, 1.82) is 0 Å². The van der Waals surface area contributed by atoms with Crippen LogP contribution in [0.1, 0.15) is 0 Å². The summed E-state index contributed by atoms with van der Waals surface area (Å²) in [7, 11) is 0. The third-order valence-electron chi connectivity index (χ3n) is 0.756. The summed E-state index contributed by atoms with van der Waals surface area (Å²) in [4.78, 5) is 0. The van der Waals surface area contributed by atoms with Crippen molar-refractivity contribution in [2.45, 2.75) is 0 Å². The van der Waals surface area contributed by atoms with E-state index in [0.717, 1.165) is 0 Å². The molecular weight excluding hydrogens is 213 g/mol. The molecule has 0 aliphatic carbocycles. The molecule has 0 radical (unpaired) electrons. The van der Waals surface area contributed by atoms with E-state index in [4.69, 9.17) is 2.82 Å². The van der Waals surface area contributed by atoms with Gasteiger partial charge in [-0.1, -0.05) is 18.2 Å². The summed E-state index contributed by atoms with van der Waals surface area (Å²) in [6.07, 6.45) is 0. The lowest BCUT2D eigenvalue weighted by Gasteiger charge is -1.83. The Morgan fingerprint density at radius 3 is 2.25 bits per heavy atom. The van der Waals surface area contributed by atoms with Crippen LogP contribution in [-0.4, -0.2) is 0 Å². The maximum absolute atomic E-state index is 6.82. The minimum Gasteiger partial charge on any atom is -0.399 e. The Balaban J connectivity index is 0.000000810. The van der Waals surface area contributed by atoms with Gasteiger partial charge < -0.3 is 5.72 Å². The molecule has 1 rings (SSSR count). The summed E-state index contributed by atoms with van der Waals surface area (Å²) >= 11 is 0. The van der Waals surface area contributed by atoms with E-state index in [1.54, 1.807) is 24.3 Å². The van der Waals surface area contributed by atoms with Gasteiger partial charge in [-0.15, -0.1) is 24.0 Å². The van der Waals surface area contributed by atoms with E-state index in [0.29, 0.717) is 11.4 Å². The highest BCUT2D eigenvalue weighted by molar-refractivity contribution is 14.0. The molecule has 0 heterocycles. The van der Waals surface area contributed by atoms with Gasteiger partial charge in [-0.2, -0.15) is 0 Å². The molecule has 1 nitrogen and oxygen atoms in total. The average Bonchev–Trinajstić information content (AvgIpc) is 1.90. The number of para-hydroxylation sites is 1. The first-order valence-electron chi connectivity index (χ1n) is 3.03. The molecular formula is C6H8IN. The zero-order valence-electron chi connectivity index (χ0n) is 6.24. The molecule has 0 saturated heterocycles. The van der Waals surface area contributed by atoms with Gasteiger partial charge in [0.2, 0.25) is 0 Å². The van der Waals surface area contributed by atoms with Crippen LogP contribution in [0.25, 0.3) is 0 Å². The second kappa shape index (κ2) is 3.72. The molecule has 0 amide bonds. The van der Waals surface area contributed by atoms with E-state index in [1.165, 1.54) is 0 Å². The SMILES string of the molecule is I.[2H]N([2H])c1ccccc1. The highest BCUT2D eigenvalue weighted by Gasteiger charge is 1.72. The van der Waals surface area contributed by atoms with Crippen LogP contribution in [0.3, 0.4) is 0 Å². The van der Waals surface area contributed by atoms with Crippen LogP contribution < -0.4 is 5.72 Å². The van der Waals surface area contributed by atoms with Crippen molar-refractivity contribution < 1.29 is 2.82 Å². The first-order chi connectivity index (χ1) is 4.30. The Morgan fingerprint density at radius 1 is 1.25 bits per heavy atom. The lowest BCUT2D eigenvalue weighted by molar-refractivity contribution is 1.69. The van der Waals surface area contributed by atoms with Gasteiger partial charge in [-0.25, -0.2) is 0 Å². The highest BCUT2D eigenvalue weighted by Crippen LogP contribution is 1.95. The molecule has 2 heteroatoms. The Bertz CT molecular complexity index is 178. The van der Waals surface area contributed by atoms with Crippen molar-refractivity contribution in [3.63, 3.8) is 0 Å². The second-order valence-electron chi connectivity index (χ2n) is 1.34. The normalized spacial score (nSPS) is 10.5. The number of anilines is 1. The summed E-state index contributed by atoms with van der Waals surface area (Å²) in [6.45, 7) is 0. The molecule has 0 aliphatic heterocycles. The molecule has 2 N–H and O–H groups in total. The van der Waals surface area contributed by atoms with Gasteiger partial charge >= 0.3 is 0 Å². The second-order valence-corrected chi connectivity index (χ2v) is 1.34. The first kappa shape index (κ1) is 4.61. The summed E-state index contributed by atoms with van der Waals surface area (Å²) < 4.78 is 13.6. The molecule has 1 aromatic carbocycles. The number of hydrogen-bond donors (Lipinski definition) is 1. The lowest BCUT2D eigenvalue weighted by atomic mass is 10.3. The van der Waals surface area contributed by atoms with Gasteiger partial charge in [-0.05, 0) is 12.1 Å². The topological polar surface area (TPSA) is 26.0 Å². The first-order valence-corrected chi connectivity index (χ1v) is 2.13. The van der Waals surface area contributed by atoms with E-state index in [2.05, 4.69) is 0 Å². The fourth-order valence-electron chi connectivity index (χ4n) is 0.428. The number of rotatable bonds is 1. The molecule has 0 unspecified atom stereocenters. The van der Waals surface area contributed by atoms with Gasteiger partial charge in [-0.3, -0.25) is 0 Å². The van der Waals surface area contributed by atoms with Crippen LogP contribution in [0.5, 0.6) is 0 Å². The quantitative estimate of drug-likeness (QED) is 0.570. The third-order valence-corrected chi connectivity index (χ3v) is 0.756. The molecule has 0 saturated carbocycles. The van der Waals surface area contributed by atoms with Gasteiger partial charge in [0.1, 0.15) is 0 Å². The fraction of sp³-hybridized carbons (Fsp3) is 0. The lowest BCUT2D eigenvalue weighted by Crippen LogP contribution is -1.79. The van der Waals surface area contributed by atoms with Crippen LogP contribution in [0.4, 0.5) is 5.69 Å². The number of nitrogens with two attached hydrogens (primary N) is 1. The zero-order valence-corrected chi connectivity index (χ0v) is 6.57. The number of halogens is 1. The van der Waals surface area contributed by atoms with Crippen molar-refractivity contribution >= 4 is 29.7 Å². The van der Waals surface area contributed by atoms with Crippen LogP contribution in [0.15, 0.2) is 30.3 Å². The predicted molar refractivity (Wildman–Crippen MR) is 46.3 cm³/mol. The van der Waals surface area contributed by atoms with E-state index in [9.17, 15) is 0 Å². The van der Waals surface area contributed by atoms with E-state index in [-0.39, 0.29) is 24.0 Å². The highest BCUT2D eigenvalue weighted by atomic mass is 127. The van der Waals surface area contributed by atoms with Gasteiger partial charge in [0, 0.05) is 5.69 Å². The third kappa shape index (κ3) is 2.16. The van der Waals surface area contributed by atoms with Crippen LogP contribution in [-0.2, 0) is 0 Å². The summed E-state index contributed by atoms with van der Waals surface area (Å²) in [5.74, 6) is 0. The molecule has 0 bridgehead atoms. The molecule has 0 aromatic heterocycles. The molecule has 0 aliphatic rings. The van der Waals surface area contributed by atoms with Crippen LogP contribution in [0, 0.1) is 0 Å². The number of benzene rings is 1. The van der Waals surface area contributed by atoms with E-state index in [1.807, 2.05) is 6.07 Å². The van der Waals surface area contributed by atoms with Gasteiger partial charge in [0.05, 0.1) is 0 Å². The Morgan fingerprint density at radius 2 is 1.88 bits per heavy atom. The van der Waals surface area contributed by atoms with Crippen molar-refractivity contribution in [3.8, 4) is 0 Å². The Hall–Kier alpha value is -0.250.